The topological polar surface area (TPSA) is 30.5 Å². The molecule has 0 spiro atoms. The summed E-state index contributed by atoms with van der Waals surface area (Å²) in [6.07, 6.45) is 0. The molecular formula is C16H27NO2. The summed E-state index contributed by atoms with van der Waals surface area (Å²) in [6.45, 7) is 11.6. The van der Waals surface area contributed by atoms with Crippen molar-refractivity contribution in [1.82, 2.24) is 5.32 Å². The fourth-order valence-electron chi connectivity index (χ4n) is 1.90. The van der Waals surface area contributed by atoms with E-state index in [2.05, 4.69) is 32.2 Å². The molecule has 1 unspecified atom stereocenters. The van der Waals surface area contributed by atoms with Crippen molar-refractivity contribution in [3.05, 3.63) is 29.8 Å². The highest BCUT2D eigenvalue weighted by molar-refractivity contribution is 5.35. The summed E-state index contributed by atoms with van der Waals surface area (Å²) in [7, 11) is 0. The van der Waals surface area contributed by atoms with Gasteiger partial charge in [-0.3, -0.25) is 0 Å². The quantitative estimate of drug-likeness (QED) is 0.694. The summed E-state index contributed by atoms with van der Waals surface area (Å²) < 4.78 is 11.2. The van der Waals surface area contributed by atoms with Gasteiger partial charge in [0, 0.05) is 24.8 Å². The van der Waals surface area contributed by atoms with Crippen LogP contribution in [0.15, 0.2) is 24.3 Å². The van der Waals surface area contributed by atoms with Crippen LogP contribution in [0.4, 0.5) is 0 Å². The van der Waals surface area contributed by atoms with Crippen LogP contribution in [0.3, 0.4) is 0 Å². The molecule has 3 nitrogen and oxygen atoms in total. The molecule has 1 N–H and O–H groups in total. The maximum Gasteiger partial charge on any atom is 0.124 e. The summed E-state index contributed by atoms with van der Waals surface area (Å²) >= 11 is 0. The molecule has 0 saturated heterocycles. The van der Waals surface area contributed by atoms with E-state index in [4.69, 9.17) is 9.47 Å². The van der Waals surface area contributed by atoms with Crippen molar-refractivity contribution in [2.75, 3.05) is 26.4 Å². The summed E-state index contributed by atoms with van der Waals surface area (Å²) in [5, 5.41) is 3.47. The Morgan fingerprint density at radius 3 is 2.58 bits per heavy atom. The van der Waals surface area contributed by atoms with E-state index in [1.165, 1.54) is 5.56 Å². The molecule has 3 heteroatoms. The Morgan fingerprint density at radius 1 is 1.16 bits per heavy atom. The molecule has 0 aliphatic heterocycles. The number of hydrogen-bond donors (Lipinski definition) is 1. The molecule has 0 bridgehead atoms. The second-order valence-electron chi connectivity index (χ2n) is 5.12. The van der Waals surface area contributed by atoms with Crippen LogP contribution in [-0.4, -0.2) is 26.4 Å². The van der Waals surface area contributed by atoms with Gasteiger partial charge in [0.25, 0.3) is 0 Å². The van der Waals surface area contributed by atoms with Gasteiger partial charge >= 0.3 is 0 Å². The van der Waals surface area contributed by atoms with Gasteiger partial charge in [-0.2, -0.15) is 0 Å². The van der Waals surface area contributed by atoms with Crippen LogP contribution in [0.2, 0.25) is 0 Å². The molecule has 19 heavy (non-hydrogen) atoms. The summed E-state index contributed by atoms with van der Waals surface area (Å²) in [5.41, 5.74) is 1.20. The molecule has 0 aliphatic carbocycles. The Hall–Kier alpha value is -1.06. The molecule has 0 aliphatic rings. The lowest BCUT2D eigenvalue weighted by molar-refractivity contribution is 0.110. The van der Waals surface area contributed by atoms with Gasteiger partial charge in [0.2, 0.25) is 0 Å². The van der Waals surface area contributed by atoms with Crippen molar-refractivity contribution >= 4 is 0 Å². The summed E-state index contributed by atoms with van der Waals surface area (Å²) in [4.78, 5) is 0. The number of rotatable bonds is 9. The van der Waals surface area contributed by atoms with Gasteiger partial charge in [-0.05, 0) is 25.8 Å². The molecule has 0 amide bonds. The molecule has 108 valence electrons. The number of ether oxygens (including phenoxy) is 2. The van der Waals surface area contributed by atoms with Crippen LogP contribution >= 0.6 is 0 Å². The van der Waals surface area contributed by atoms with Crippen molar-refractivity contribution in [2.45, 2.75) is 33.7 Å². The highest BCUT2D eigenvalue weighted by Crippen LogP contribution is 2.24. The predicted octanol–water partition coefficient (Wildman–Crippen LogP) is 3.41. The molecule has 0 saturated carbocycles. The minimum Gasteiger partial charge on any atom is -0.494 e. The highest BCUT2D eigenvalue weighted by atomic mass is 16.5. The van der Waals surface area contributed by atoms with Gasteiger partial charge in [0.1, 0.15) is 5.75 Å². The van der Waals surface area contributed by atoms with Crippen molar-refractivity contribution in [2.24, 2.45) is 5.92 Å². The van der Waals surface area contributed by atoms with Crippen LogP contribution in [0.1, 0.15) is 39.3 Å². The van der Waals surface area contributed by atoms with Crippen LogP contribution in [0.5, 0.6) is 5.75 Å². The molecular weight excluding hydrogens is 238 g/mol. The standard InChI is InChI=1S/C16H27NO2/c1-5-19-16-9-7-6-8-15(16)14(4)17-10-11-18-12-13(2)3/h6-9,13-14,17H,5,10-12H2,1-4H3. The molecule has 0 heterocycles. The van der Waals surface area contributed by atoms with Crippen molar-refractivity contribution < 1.29 is 9.47 Å². The van der Waals surface area contributed by atoms with E-state index in [-0.39, 0.29) is 6.04 Å². The Morgan fingerprint density at radius 2 is 1.89 bits per heavy atom. The molecule has 1 aromatic rings. The Balaban J connectivity index is 2.38. The predicted molar refractivity (Wildman–Crippen MR) is 79.7 cm³/mol. The van der Waals surface area contributed by atoms with Gasteiger partial charge in [-0.1, -0.05) is 32.0 Å². The number of nitrogens with one attached hydrogen (secondary N) is 1. The van der Waals surface area contributed by atoms with Gasteiger partial charge < -0.3 is 14.8 Å². The van der Waals surface area contributed by atoms with Gasteiger partial charge in [-0.15, -0.1) is 0 Å². The van der Waals surface area contributed by atoms with E-state index in [1.54, 1.807) is 0 Å². The van der Waals surface area contributed by atoms with Gasteiger partial charge in [-0.25, -0.2) is 0 Å². The minimum atomic E-state index is 0.269. The second kappa shape index (κ2) is 8.94. The molecule has 0 aromatic heterocycles. The smallest absolute Gasteiger partial charge is 0.124 e. The lowest BCUT2D eigenvalue weighted by Crippen LogP contribution is -2.24. The molecule has 0 fully saturated rings. The normalized spacial score (nSPS) is 12.7. The molecule has 1 atom stereocenters. The van der Waals surface area contributed by atoms with Crippen LogP contribution in [0.25, 0.3) is 0 Å². The lowest BCUT2D eigenvalue weighted by atomic mass is 10.1. The van der Waals surface area contributed by atoms with Gasteiger partial charge in [0.15, 0.2) is 0 Å². The number of benzene rings is 1. The number of para-hydroxylation sites is 1. The fraction of sp³-hybridized carbons (Fsp3) is 0.625. The van der Waals surface area contributed by atoms with E-state index in [0.29, 0.717) is 12.5 Å². The summed E-state index contributed by atoms with van der Waals surface area (Å²) in [5.74, 6) is 1.56. The minimum absolute atomic E-state index is 0.269. The lowest BCUT2D eigenvalue weighted by Gasteiger charge is -2.18. The van der Waals surface area contributed by atoms with Crippen LogP contribution in [0, 0.1) is 5.92 Å². The zero-order valence-corrected chi connectivity index (χ0v) is 12.6. The monoisotopic (exact) mass is 265 g/mol. The largest absolute Gasteiger partial charge is 0.494 e. The first-order chi connectivity index (χ1) is 9.15. The average molecular weight is 265 g/mol. The third-order valence-electron chi connectivity index (χ3n) is 2.83. The SMILES string of the molecule is CCOc1ccccc1C(C)NCCOCC(C)C. The third kappa shape index (κ3) is 6.08. The Bertz CT molecular complexity index is 352. The van der Waals surface area contributed by atoms with Gasteiger partial charge in [0.05, 0.1) is 13.2 Å². The Labute approximate surface area is 117 Å². The Kier molecular flexibility index (Phi) is 7.53. The summed E-state index contributed by atoms with van der Waals surface area (Å²) in [6, 6.07) is 8.45. The average Bonchev–Trinajstić information content (AvgIpc) is 2.39. The van der Waals surface area contributed by atoms with Crippen molar-refractivity contribution in [3.8, 4) is 5.75 Å². The first-order valence-corrected chi connectivity index (χ1v) is 7.18. The maximum absolute atomic E-state index is 5.65. The molecule has 1 aromatic carbocycles. The zero-order valence-electron chi connectivity index (χ0n) is 12.6. The first kappa shape index (κ1) is 16.0. The first-order valence-electron chi connectivity index (χ1n) is 7.18. The van der Waals surface area contributed by atoms with E-state index in [1.807, 2.05) is 25.1 Å². The maximum atomic E-state index is 5.65. The van der Waals surface area contributed by atoms with Crippen LogP contribution < -0.4 is 10.1 Å². The van der Waals surface area contributed by atoms with E-state index < -0.39 is 0 Å². The molecule has 0 radical (unpaired) electrons. The highest BCUT2D eigenvalue weighted by Gasteiger charge is 2.10. The number of hydrogen-bond acceptors (Lipinski definition) is 3. The second-order valence-corrected chi connectivity index (χ2v) is 5.12. The molecule has 1 rings (SSSR count). The van der Waals surface area contributed by atoms with E-state index >= 15 is 0 Å². The van der Waals surface area contributed by atoms with Crippen molar-refractivity contribution in [1.29, 1.82) is 0 Å². The third-order valence-corrected chi connectivity index (χ3v) is 2.83. The van der Waals surface area contributed by atoms with Crippen molar-refractivity contribution in [3.63, 3.8) is 0 Å². The van der Waals surface area contributed by atoms with E-state index in [0.717, 1.165) is 25.5 Å². The zero-order chi connectivity index (χ0) is 14.1. The van der Waals surface area contributed by atoms with Crippen LogP contribution in [-0.2, 0) is 4.74 Å². The fourth-order valence-corrected chi connectivity index (χ4v) is 1.90. The van der Waals surface area contributed by atoms with E-state index in [9.17, 15) is 0 Å².